The maximum atomic E-state index is 12.9. The summed E-state index contributed by atoms with van der Waals surface area (Å²) in [5.74, 6) is -1.75. The molecule has 0 radical (unpaired) electrons. The molecular formula is C9H9F2NO2. The van der Waals surface area contributed by atoms with Gasteiger partial charge in [0.05, 0.1) is 0 Å². The van der Waals surface area contributed by atoms with E-state index < -0.39 is 24.0 Å². The van der Waals surface area contributed by atoms with Crippen molar-refractivity contribution in [2.24, 2.45) is 5.73 Å². The van der Waals surface area contributed by atoms with Gasteiger partial charge in [0.15, 0.2) is 0 Å². The Morgan fingerprint density at radius 2 is 1.86 bits per heavy atom. The monoisotopic (exact) mass is 201 g/mol. The van der Waals surface area contributed by atoms with Gasteiger partial charge in [-0.05, 0) is 17.7 Å². The van der Waals surface area contributed by atoms with E-state index >= 15 is 0 Å². The predicted molar refractivity (Wildman–Crippen MR) is 45.5 cm³/mol. The van der Waals surface area contributed by atoms with Gasteiger partial charge in [-0.15, -0.1) is 0 Å². The van der Waals surface area contributed by atoms with Gasteiger partial charge in [-0.1, -0.05) is 12.1 Å². The Hall–Kier alpha value is -1.49. The summed E-state index contributed by atoms with van der Waals surface area (Å²) in [6, 6.07) is 4.50. The second-order valence-corrected chi connectivity index (χ2v) is 2.80. The zero-order chi connectivity index (χ0) is 10.7. The lowest BCUT2D eigenvalue weighted by Gasteiger charge is -2.12. The molecule has 0 saturated carbocycles. The number of aliphatic hydroxyl groups is 1. The number of nitrogens with two attached hydrogens (primary N) is 1. The number of carbonyl (C=O) groups excluding carboxylic acids is 1. The van der Waals surface area contributed by atoms with E-state index in [0.29, 0.717) is 0 Å². The van der Waals surface area contributed by atoms with E-state index in [1.54, 1.807) is 0 Å². The number of benzene rings is 1. The highest BCUT2D eigenvalue weighted by atomic mass is 19.1. The Bertz CT molecular complexity index is 326. The molecule has 0 aliphatic carbocycles. The summed E-state index contributed by atoms with van der Waals surface area (Å²) in [4.78, 5) is 10.4. The van der Waals surface area contributed by atoms with Crippen LogP contribution in [0, 0.1) is 5.82 Å². The van der Waals surface area contributed by atoms with Gasteiger partial charge in [-0.3, -0.25) is 4.79 Å². The minimum atomic E-state index is -2.18. The molecule has 3 nitrogen and oxygen atoms in total. The van der Waals surface area contributed by atoms with Crippen LogP contribution in [0.2, 0.25) is 0 Å². The molecule has 3 N–H and O–H groups in total. The largest absolute Gasteiger partial charge is 0.385 e. The molecule has 0 fully saturated rings. The number of halogens is 2. The molecule has 5 heteroatoms. The standard InChI is InChI=1S/C9H9F2NO2/c10-6-3-1-5(2-4-6)8(13)7(11)9(12)14/h1-4,7-8,13H,(H2,12,14)/t7-,8-/m0/s1. The number of alkyl halides is 1. The summed E-state index contributed by atoms with van der Waals surface area (Å²) in [5.41, 5.74) is 4.77. The Kier molecular flexibility index (Phi) is 3.14. The summed E-state index contributed by atoms with van der Waals surface area (Å²) >= 11 is 0. The molecule has 1 aromatic rings. The molecule has 1 rings (SSSR count). The van der Waals surface area contributed by atoms with Gasteiger partial charge in [-0.25, -0.2) is 8.78 Å². The SMILES string of the molecule is NC(=O)[C@@H](F)[C@@H](O)c1ccc(F)cc1. The van der Waals surface area contributed by atoms with Crippen molar-refractivity contribution in [3.63, 3.8) is 0 Å². The molecular weight excluding hydrogens is 192 g/mol. The molecule has 14 heavy (non-hydrogen) atoms. The van der Waals surface area contributed by atoms with E-state index in [4.69, 9.17) is 0 Å². The molecule has 0 saturated heterocycles. The molecule has 0 aromatic heterocycles. The van der Waals surface area contributed by atoms with Gasteiger partial charge in [0.2, 0.25) is 6.17 Å². The van der Waals surface area contributed by atoms with Crippen molar-refractivity contribution in [3.8, 4) is 0 Å². The molecule has 0 aliphatic heterocycles. The summed E-state index contributed by atoms with van der Waals surface area (Å²) < 4.78 is 25.3. The summed E-state index contributed by atoms with van der Waals surface area (Å²) in [7, 11) is 0. The molecule has 1 amide bonds. The van der Waals surface area contributed by atoms with E-state index in [0.717, 1.165) is 12.1 Å². The van der Waals surface area contributed by atoms with Crippen molar-refractivity contribution in [3.05, 3.63) is 35.6 Å². The zero-order valence-corrected chi connectivity index (χ0v) is 7.15. The number of carbonyl (C=O) groups is 1. The first-order valence-electron chi connectivity index (χ1n) is 3.89. The third kappa shape index (κ3) is 2.26. The van der Waals surface area contributed by atoms with Crippen LogP contribution in [0.3, 0.4) is 0 Å². The van der Waals surface area contributed by atoms with Crippen molar-refractivity contribution in [1.82, 2.24) is 0 Å². The fourth-order valence-electron chi connectivity index (χ4n) is 0.985. The lowest BCUT2D eigenvalue weighted by Crippen LogP contribution is -2.30. The Morgan fingerprint density at radius 3 is 2.29 bits per heavy atom. The summed E-state index contributed by atoms with van der Waals surface area (Å²) in [5, 5.41) is 9.25. The van der Waals surface area contributed by atoms with Crippen molar-refractivity contribution >= 4 is 5.91 Å². The van der Waals surface area contributed by atoms with Crippen LogP contribution in [0.15, 0.2) is 24.3 Å². The van der Waals surface area contributed by atoms with Crippen LogP contribution in [-0.4, -0.2) is 17.2 Å². The van der Waals surface area contributed by atoms with Crippen LogP contribution in [0.25, 0.3) is 0 Å². The minimum Gasteiger partial charge on any atom is -0.385 e. The van der Waals surface area contributed by atoms with Crippen LogP contribution in [0.5, 0.6) is 0 Å². The summed E-state index contributed by atoms with van der Waals surface area (Å²) in [6.45, 7) is 0. The van der Waals surface area contributed by atoms with Crippen molar-refractivity contribution < 1.29 is 18.7 Å². The number of hydrogen-bond donors (Lipinski definition) is 2. The van der Waals surface area contributed by atoms with Gasteiger partial charge in [0.25, 0.3) is 5.91 Å². The van der Waals surface area contributed by atoms with Gasteiger partial charge in [0, 0.05) is 0 Å². The summed E-state index contributed by atoms with van der Waals surface area (Å²) in [6.07, 6.45) is -3.83. The van der Waals surface area contributed by atoms with Crippen molar-refractivity contribution in [2.75, 3.05) is 0 Å². The van der Waals surface area contributed by atoms with E-state index in [2.05, 4.69) is 5.73 Å². The number of rotatable bonds is 3. The highest BCUT2D eigenvalue weighted by Crippen LogP contribution is 2.19. The second-order valence-electron chi connectivity index (χ2n) is 2.80. The topological polar surface area (TPSA) is 63.3 Å². The second kappa shape index (κ2) is 4.15. The molecule has 2 atom stereocenters. The molecule has 0 aliphatic rings. The molecule has 0 bridgehead atoms. The fourth-order valence-corrected chi connectivity index (χ4v) is 0.985. The quantitative estimate of drug-likeness (QED) is 0.755. The van der Waals surface area contributed by atoms with Gasteiger partial charge >= 0.3 is 0 Å². The molecule has 76 valence electrons. The third-order valence-electron chi connectivity index (χ3n) is 1.76. The number of aliphatic hydroxyl groups excluding tert-OH is 1. The van der Waals surface area contributed by atoms with E-state index in [9.17, 15) is 18.7 Å². The normalized spacial score (nSPS) is 14.8. The van der Waals surface area contributed by atoms with Crippen LogP contribution < -0.4 is 5.73 Å². The van der Waals surface area contributed by atoms with Gasteiger partial charge < -0.3 is 10.8 Å². The van der Waals surface area contributed by atoms with E-state index in [1.807, 2.05) is 0 Å². The van der Waals surface area contributed by atoms with Gasteiger partial charge in [-0.2, -0.15) is 0 Å². The van der Waals surface area contributed by atoms with Crippen molar-refractivity contribution in [2.45, 2.75) is 12.3 Å². The van der Waals surface area contributed by atoms with Crippen LogP contribution in [-0.2, 0) is 4.79 Å². The number of amides is 1. The lowest BCUT2D eigenvalue weighted by atomic mass is 10.1. The van der Waals surface area contributed by atoms with Crippen LogP contribution in [0.1, 0.15) is 11.7 Å². The smallest absolute Gasteiger partial charge is 0.255 e. The maximum absolute atomic E-state index is 12.9. The Labute approximate surface area is 79.2 Å². The van der Waals surface area contributed by atoms with Crippen LogP contribution >= 0.6 is 0 Å². The number of primary amides is 1. The lowest BCUT2D eigenvalue weighted by molar-refractivity contribution is -0.126. The Balaban J connectivity index is 2.84. The number of hydrogen-bond acceptors (Lipinski definition) is 2. The first kappa shape index (κ1) is 10.6. The molecule has 0 unspecified atom stereocenters. The first-order chi connectivity index (χ1) is 6.52. The minimum absolute atomic E-state index is 0.109. The molecule has 0 heterocycles. The Morgan fingerprint density at radius 1 is 1.36 bits per heavy atom. The van der Waals surface area contributed by atoms with Crippen LogP contribution in [0.4, 0.5) is 8.78 Å². The fraction of sp³-hybridized carbons (Fsp3) is 0.222. The average molecular weight is 201 g/mol. The molecule has 0 spiro atoms. The maximum Gasteiger partial charge on any atom is 0.255 e. The first-order valence-corrected chi connectivity index (χ1v) is 3.89. The highest BCUT2D eigenvalue weighted by Gasteiger charge is 2.25. The van der Waals surface area contributed by atoms with E-state index in [1.165, 1.54) is 12.1 Å². The predicted octanol–water partition coefficient (Wildman–Crippen LogP) is 0.683. The van der Waals surface area contributed by atoms with E-state index in [-0.39, 0.29) is 5.56 Å². The highest BCUT2D eigenvalue weighted by molar-refractivity contribution is 5.79. The third-order valence-corrected chi connectivity index (χ3v) is 1.76. The average Bonchev–Trinajstić information content (AvgIpc) is 2.16. The van der Waals surface area contributed by atoms with Gasteiger partial charge in [0.1, 0.15) is 11.9 Å². The van der Waals surface area contributed by atoms with Crippen molar-refractivity contribution in [1.29, 1.82) is 0 Å². The molecule has 1 aromatic carbocycles. The zero-order valence-electron chi connectivity index (χ0n) is 7.15.